The van der Waals surface area contributed by atoms with Crippen molar-refractivity contribution in [2.75, 3.05) is 19.8 Å². The van der Waals surface area contributed by atoms with Crippen LogP contribution in [-0.2, 0) is 9.53 Å². The highest BCUT2D eigenvalue weighted by Crippen LogP contribution is 2.18. The molecule has 98 valence electrons. The van der Waals surface area contributed by atoms with Crippen LogP contribution < -0.4 is 11.1 Å². The summed E-state index contributed by atoms with van der Waals surface area (Å²) in [6.45, 7) is 0.0868. The van der Waals surface area contributed by atoms with Crippen molar-refractivity contribution in [3.8, 4) is 0 Å². The van der Waals surface area contributed by atoms with E-state index in [9.17, 15) is 14.0 Å². The van der Waals surface area contributed by atoms with Crippen molar-refractivity contribution >= 4 is 27.7 Å². The SMILES string of the molecule is NC(=O)COCCNC(=O)c1cccc(Br)c1F. The zero-order valence-corrected chi connectivity index (χ0v) is 11.0. The zero-order valence-electron chi connectivity index (χ0n) is 9.41. The third-order valence-corrected chi connectivity index (χ3v) is 2.58. The normalized spacial score (nSPS) is 10.1. The summed E-state index contributed by atoms with van der Waals surface area (Å²) in [6, 6.07) is 4.44. The summed E-state index contributed by atoms with van der Waals surface area (Å²) in [5, 5.41) is 2.46. The highest BCUT2D eigenvalue weighted by molar-refractivity contribution is 9.10. The van der Waals surface area contributed by atoms with Crippen molar-refractivity contribution in [3.05, 3.63) is 34.1 Å². The van der Waals surface area contributed by atoms with Crippen LogP contribution in [0.5, 0.6) is 0 Å². The van der Waals surface area contributed by atoms with Gasteiger partial charge in [0, 0.05) is 6.54 Å². The second-order valence-electron chi connectivity index (χ2n) is 3.38. The van der Waals surface area contributed by atoms with Gasteiger partial charge in [-0.15, -0.1) is 0 Å². The Morgan fingerprint density at radius 2 is 2.17 bits per heavy atom. The summed E-state index contributed by atoms with van der Waals surface area (Å²) in [7, 11) is 0. The molecule has 18 heavy (non-hydrogen) atoms. The third-order valence-electron chi connectivity index (χ3n) is 1.97. The number of primary amides is 1. The predicted octanol–water partition coefficient (Wildman–Crippen LogP) is 0.820. The first-order valence-corrected chi connectivity index (χ1v) is 5.90. The summed E-state index contributed by atoms with van der Waals surface area (Å²) in [5.74, 6) is -1.75. The minimum absolute atomic E-state index is 0.0562. The van der Waals surface area contributed by atoms with E-state index in [4.69, 9.17) is 10.5 Å². The van der Waals surface area contributed by atoms with Crippen molar-refractivity contribution in [3.63, 3.8) is 0 Å². The maximum Gasteiger partial charge on any atom is 0.254 e. The summed E-state index contributed by atoms with van der Waals surface area (Å²) < 4.78 is 18.6. The zero-order chi connectivity index (χ0) is 13.5. The van der Waals surface area contributed by atoms with Gasteiger partial charge < -0.3 is 15.8 Å². The van der Waals surface area contributed by atoms with Gasteiger partial charge in [-0.25, -0.2) is 4.39 Å². The molecule has 1 aromatic rings. The van der Waals surface area contributed by atoms with Gasteiger partial charge in [0.25, 0.3) is 5.91 Å². The highest BCUT2D eigenvalue weighted by Gasteiger charge is 2.12. The van der Waals surface area contributed by atoms with E-state index in [2.05, 4.69) is 21.2 Å². The van der Waals surface area contributed by atoms with Gasteiger partial charge in [-0.05, 0) is 28.1 Å². The van der Waals surface area contributed by atoms with E-state index in [-0.39, 0.29) is 29.8 Å². The molecule has 0 atom stereocenters. The minimum Gasteiger partial charge on any atom is -0.370 e. The number of nitrogens with one attached hydrogen (secondary N) is 1. The van der Waals surface area contributed by atoms with Crippen LogP contribution in [0.25, 0.3) is 0 Å². The molecule has 0 aromatic heterocycles. The molecule has 1 aromatic carbocycles. The van der Waals surface area contributed by atoms with Crippen LogP contribution in [0.4, 0.5) is 4.39 Å². The molecule has 3 N–H and O–H groups in total. The van der Waals surface area contributed by atoms with Crippen LogP contribution in [-0.4, -0.2) is 31.6 Å². The molecule has 2 amide bonds. The van der Waals surface area contributed by atoms with Crippen LogP contribution in [0.1, 0.15) is 10.4 Å². The van der Waals surface area contributed by atoms with Gasteiger partial charge in [0.05, 0.1) is 16.6 Å². The Kier molecular flexibility index (Phi) is 5.73. The van der Waals surface area contributed by atoms with Crippen LogP contribution in [0.2, 0.25) is 0 Å². The molecular formula is C11H12BrFN2O3. The van der Waals surface area contributed by atoms with Gasteiger partial charge in [-0.2, -0.15) is 0 Å². The lowest BCUT2D eigenvalue weighted by Gasteiger charge is -2.07. The van der Waals surface area contributed by atoms with Crippen LogP contribution >= 0.6 is 15.9 Å². The molecule has 5 nitrogen and oxygen atoms in total. The Hall–Kier alpha value is -1.47. The second-order valence-corrected chi connectivity index (χ2v) is 4.23. The van der Waals surface area contributed by atoms with E-state index in [1.807, 2.05) is 0 Å². The fourth-order valence-corrected chi connectivity index (χ4v) is 1.55. The molecule has 0 saturated heterocycles. The lowest BCUT2D eigenvalue weighted by Crippen LogP contribution is -2.29. The quantitative estimate of drug-likeness (QED) is 0.762. The molecule has 0 saturated carbocycles. The van der Waals surface area contributed by atoms with Crippen molar-refractivity contribution in [1.82, 2.24) is 5.32 Å². The van der Waals surface area contributed by atoms with Crippen molar-refractivity contribution in [1.29, 1.82) is 0 Å². The maximum atomic E-state index is 13.5. The van der Waals surface area contributed by atoms with Crippen molar-refractivity contribution in [2.45, 2.75) is 0 Å². The minimum atomic E-state index is -0.618. The Balaban J connectivity index is 2.41. The molecule has 0 heterocycles. The number of hydrogen-bond acceptors (Lipinski definition) is 3. The average molecular weight is 319 g/mol. The number of rotatable bonds is 6. The number of carbonyl (C=O) groups is 2. The first-order chi connectivity index (χ1) is 8.52. The molecule has 0 fully saturated rings. The Morgan fingerprint density at radius 1 is 1.44 bits per heavy atom. The van der Waals surface area contributed by atoms with Crippen LogP contribution in [0.15, 0.2) is 22.7 Å². The standard InChI is InChI=1S/C11H12BrFN2O3/c12-8-3-1-2-7(10(8)13)11(17)15-4-5-18-6-9(14)16/h1-3H,4-6H2,(H2,14,16)(H,15,17). The highest BCUT2D eigenvalue weighted by atomic mass is 79.9. The Bertz CT molecular complexity index is 454. The van der Waals surface area contributed by atoms with Crippen molar-refractivity contribution < 1.29 is 18.7 Å². The van der Waals surface area contributed by atoms with Gasteiger partial charge in [-0.3, -0.25) is 9.59 Å². The van der Waals surface area contributed by atoms with E-state index >= 15 is 0 Å². The Morgan fingerprint density at radius 3 is 2.83 bits per heavy atom. The van der Waals surface area contributed by atoms with Gasteiger partial charge in [0.1, 0.15) is 12.4 Å². The molecule has 0 spiro atoms. The number of nitrogens with two attached hydrogens (primary N) is 1. The first kappa shape index (κ1) is 14.6. The molecule has 0 aliphatic rings. The largest absolute Gasteiger partial charge is 0.370 e. The maximum absolute atomic E-state index is 13.5. The van der Waals surface area contributed by atoms with Gasteiger partial charge in [0.15, 0.2) is 0 Å². The van der Waals surface area contributed by atoms with E-state index in [1.165, 1.54) is 12.1 Å². The number of hydrogen-bond donors (Lipinski definition) is 2. The molecule has 0 radical (unpaired) electrons. The first-order valence-electron chi connectivity index (χ1n) is 5.10. The average Bonchev–Trinajstić information content (AvgIpc) is 2.31. The second kappa shape index (κ2) is 7.07. The topological polar surface area (TPSA) is 81.4 Å². The third kappa shape index (κ3) is 4.42. The van der Waals surface area contributed by atoms with Crippen LogP contribution in [0, 0.1) is 5.82 Å². The lowest BCUT2D eigenvalue weighted by atomic mass is 10.2. The van der Waals surface area contributed by atoms with Gasteiger partial charge in [-0.1, -0.05) is 6.07 Å². The molecule has 0 aliphatic carbocycles. The molecule has 0 bridgehead atoms. The molecular weight excluding hydrogens is 307 g/mol. The fraction of sp³-hybridized carbons (Fsp3) is 0.273. The number of halogens is 2. The van der Waals surface area contributed by atoms with Crippen LogP contribution in [0.3, 0.4) is 0 Å². The fourth-order valence-electron chi connectivity index (χ4n) is 1.18. The van der Waals surface area contributed by atoms with E-state index in [1.54, 1.807) is 6.07 Å². The van der Waals surface area contributed by atoms with Gasteiger partial charge >= 0.3 is 0 Å². The Labute approximate surface area is 112 Å². The predicted molar refractivity (Wildman–Crippen MR) is 66.4 cm³/mol. The molecule has 0 unspecified atom stereocenters. The summed E-state index contributed by atoms with van der Waals surface area (Å²) in [6.07, 6.45) is 0. The lowest BCUT2D eigenvalue weighted by molar-refractivity contribution is -0.122. The summed E-state index contributed by atoms with van der Waals surface area (Å²) in [5.41, 5.74) is 4.80. The van der Waals surface area contributed by atoms with E-state index in [0.29, 0.717) is 0 Å². The summed E-state index contributed by atoms with van der Waals surface area (Å²) in [4.78, 5) is 22.0. The molecule has 7 heteroatoms. The number of ether oxygens (including phenoxy) is 1. The molecule has 1 rings (SSSR count). The van der Waals surface area contributed by atoms with Gasteiger partial charge in [0.2, 0.25) is 5.91 Å². The molecule has 0 aliphatic heterocycles. The van der Waals surface area contributed by atoms with Crippen molar-refractivity contribution in [2.24, 2.45) is 5.73 Å². The van der Waals surface area contributed by atoms with E-state index < -0.39 is 17.6 Å². The monoisotopic (exact) mass is 318 g/mol. The number of amides is 2. The van der Waals surface area contributed by atoms with E-state index in [0.717, 1.165) is 0 Å². The number of carbonyl (C=O) groups excluding carboxylic acids is 2. The smallest absolute Gasteiger partial charge is 0.254 e. The summed E-state index contributed by atoms with van der Waals surface area (Å²) >= 11 is 2.99. The number of benzene rings is 1.